The highest BCUT2D eigenvalue weighted by Gasteiger charge is 2.21. The number of morpholine rings is 1. The Labute approximate surface area is 222 Å². The summed E-state index contributed by atoms with van der Waals surface area (Å²) in [5.41, 5.74) is 7.04. The number of likely N-dealkylation sites (tertiary alicyclic amines) is 1. The summed E-state index contributed by atoms with van der Waals surface area (Å²) in [6.45, 7) is 7.20. The first-order valence-electron chi connectivity index (χ1n) is 13.3. The van der Waals surface area contributed by atoms with E-state index in [0.717, 1.165) is 83.6 Å². The van der Waals surface area contributed by atoms with Crippen molar-refractivity contribution in [2.45, 2.75) is 26.3 Å². The second-order valence-corrected chi connectivity index (χ2v) is 10.2. The van der Waals surface area contributed by atoms with Crippen molar-refractivity contribution in [2.24, 2.45) is 0 Å². The molecular weight excluding hydrogens is 479 g/mol. The van der Waals surface area contributed by atoms with Crippen molar-refractivity contribution in [3.05, 3.63) is 83.3 Å². The van der Waals surface area contributed by atoms with Crippen molar-refractivity contribution in [3.8, 4) is 22.4 Å². The van der Waals surface area contributed by atoms with Crippen LogP contribution in [0.3, 0.4) is 0 Å². The van der Waals surface area contributed by atoms with Gasteiger partial charge in [-0.1, -0.05) is 30.3 Å². The fourth-order valence-electron chi connectivity index (χ4n) is 5.40. The summed E-state index contributed by atoms with van der Waals surface area (Å²) in [5.74, 6) is -0.124. The first kappa shape index (κ1) is 24.6. The maximum atomic E-state index is 15.2. The molecule has 2 saturated heterocycles. The smallest absolute Gasteiger partial charge is 0.254 e. The van der Waals surface area contributed by atoms with Gasteiger partial charge in [0.2, 0.25) is 0 Å². The van der Waals surface area contributed by atoms with Crippen LogP contribution in [-0.4, -0.2) is 65.1 Å². The molecule has 4 aromatic rings. The topological polar surface area (TPSA) is 58.6 Å². The largest absolute Gasteiger partial charge is 0.379 e. The number of ether oxygens (including phenoxy) is 1. The normalized spacial score (nSPS) is 16.3. The van der Waals surface area contributed by atoms with Crippen molar-refractivity contribution >= 4 is 16.9 Å². The minimum atomic E-state index is -0.219. The van der Waals surface area contributed by atoms with E-state index in [0.29, 0.717) is 25.3 Å². The summed E-state index contributed by atoms with van der Waals surface area (Å²) < 4.78 is 20.6. The molecule has 0 aliphatic carbocycles. The molecule has 6 rings (SSSR count). The minimum absolute atomic E-state index is 0.0949. The van der Waals surface area contributed by atoms with Crippen molar-refractivity contribution < 1.29 is 13.9 Å². The lowest BCUT2D eigenvalue weighted by atomic mass is 10.0. The number of carbonyl (C=O) groups excluding carboxylic acids is 1. The average molecular weight is 511 g/mol. The number of nitrogens with zero attached hydrogens (tertiary/aromatic N) is 4. The number of benzene rings is 3. The average Bonchev–Trinajstić information content (AvgIpc) is 3.49. The molecule has 194 valence electrons. The summed E-state index contributed by atoms with van der Waals surface area (Å²) in [6.07, 6.45) is 3.89. The zero-order chi connectivity index (χ0) is 26.1. The molecule has 7 heteroatoms. The Bertz CT molecular complexity index is 1490. The van der Waals surface area contributed by atoms with Crippen LogP contribution in [0.4, 0.5) is 4.39 Å². The third kappa shape index (κ3) is 4.91. The van der Waals surface area contributed by atoms with E-state index in [1.54, 1.807) is 12.3 Å². The van der Waals surface area contributed by atoms with Crippen molar-refractivity contribution in [1.82, 2.24) is 19.8 Å². The summed E-state index contributed by atoms with van der Waals surface area (Å²) in [5, 5.41) is 0. The lowest BCUT2D eigenvalue weighted by Crippen LogP contribution is -2.35. The van der Waals surface area contributed by atoms with Gasteiger partial charge >= 0.3 is 0 Å². The van der Waals surface area contributed by atoms with Crippen LogP contribution in [0.25, 0.3) is 33.4 Å². The Morgan fingerprint density at radius 3 is 2.53 bits per heavy atom. The first-order valence-corrected chi connectivity index (χ1v) is 13.3. The molecule has 1 aromatic heterocycles. The van der Waals surface area contributed by atoms with Gasteiger partial charge in [0.15, 0.2) is 0 Å². The van der Waals surface area contributed by atoms with E-state index in [1.807, 2.05) is 60.4 Å². The number of para-hydroxylation sites is 1. The van der Waals surface area contributed by atoms with Crippen LogP contribution in [0.5, 0.6) is 0 Å². The first-order chi connectivity index (χ1) is 18.6. The number of carbonyl (C=O) groups is 1. The van der Waals surface area contributed by atoms with Gasteiger partial charge in [-0.25, -0.2) is 9.37 Å². The van der Waals surface area contributed by atoms with E-state index < -0.39 is 0 Å². The molecular formula is C31H31FN4O2. The molecule has 0 N–H and O–H groups in total. The van der Waals surface area contributed by atoms with E-state index in [-0.39, 0.29) is 11.7 Å². The van der Waals surface area contributed by atoms with Gasteiger partial charge in [0.25, 0.3) is 5.91 Å². The summed E-state index contributed by atoms with van der Waals surface area (Å²) in [7, 11) is 0. The van der Waals surface area contributed by atoms with Crippen molar-refractivity contribution in [2.75, 3.05) is 39.4 Å². The number of amides is 1. The number of halogens is 1. The Morgan fingerprint density at radius 2 is 1.76 bits per heavy atom. The molecule has 0 unspecified atom stereocenters. The number of hydrogen-bond donors (Lipinski definition) is 0. The van der Waals surface area contributed by atoms with Gasteiger partial charge < -0.3 is 9.64 Å². The molecule has 2 aliphatic rings. The van der Waals surface area contributed by atoms with Crippen LogP contribution in [-0.2, 0) is 11.3 Å². The maximum Gasteiger partial charge on any atom is 0.254 e. The maximum absolute atomic E-state index is 15.2. The predicted octanol–water partition coefficient (Wildman–Crippen LogP) is 5.48. The van der Waals surface area contributed by atoms with Crippen LogP contribution < -0.4 is 0 Å². The van der Waals surface area contributed by atoms with E-state index in [4.69, 9.17) is 9.72 Å². The third-order valence-electron chi connectivity index (χ3n) is 7.58. The molecule has 0 atom stereocenters. The Hall–Kier alpha value is -3.68. The van der Waals surface area contributed by atoms with E-state index in [9.17, 15) is 4.79 Å². The van der Waals surface area contributed by atoms with Gasteiger partial charge in [-0.05, 0) is 55.2 Å². The molecule has 38 heavy (non-hydrogen) atoms. The highest BCUT2D eigenvalue weighted by molar-refractivity contribution is 5.97. The van der Waals surface area contributed by atoms with Crippen LogP contribution in [0.15, 0.2) is 60.8 Å². The number of aromatic nitrogens is 2. The molecule has 0 radical (unpaired) electrons. The van der Waals surface area contributed by atoms with Crippen molar-refractivity contribution in [1.29, 1.82) is 0 Å². The van der Waals surface area contributed by atoms with Gasteiger partial charge in [-0.15, -0.1) is 0 Å². The number of fused-ring (bicyclic) bond motifs is 1. The summed E-state index contributed by atoms with van der Waals surface area (Å²) >= 11 is 0. The molecule has 2 fully saturated rings. The Kier molecular flexibility index (Phi) is 6.87. The van der Waals surface area contributed by atoms with Crippen LogP contribution in [0.2, 0.25) is 0 Å². The quantitative estimate of drug-likeness (QED) is 0.356. The second kappa shape index (κ2) is 10.6. The van der Waals surface area contributed by atoms with E-state index >= 15 is 4.39 Å². The van der Waals surface area contributed by atoms with Crippen LogP contribution in [0, 0.1) is 12.7 Å². The number of hydrogen-bond acceptors (Lipinski definition) is 5. The van der Waals surface area contributed by atoms with Gasteiger partial charge in [-0.3, -0.25) is 14.7 Å². The highest BCUT2D eigenvalue weighted by Crippen LogP contribution is 2.31. The predicted molar refractivity (Wildman–Crippen MR) is 146 cm³/mol. The molecule has 6 nitrogen and oxygen atoms in total. The van der Waals surface area contributed by atoms with Gasteiger partial charge in [-0.2, -0.15) is 0 Å². The highest BCUT2D eigenvalue weighted by atomic mass is 19.1. The van der Waals surface area contributed by atoms with E-state index in [2.05, 4.69) is 9.88 Å². The number of rotatable bonds is 5. The Morgan fingerprint density at radius 1 is 0.974 bits per heavy atom. The minimum Gasteiger partial charge on any atom is -0.379 e. The summed E-state index contributed by atoms with van der Waals surface area (Å²) in [4.78, 5) is 26.7. The number of aryl methyl sites for hydroxylation is 1. The SMILES string of the molecule is Cc1cc(-c2cnc3cccc(-c4ccc(CN5CCOCC5)c(F)c4)c3n2)ccc1C(=O)N1CCCC1. The molecule has 2 aliphatic heterocycles. The molecule has 3 heterocycles. The van der Waals surface area contributed by atoms with Crippen molar-refractivity contribution in [3.63, 3.8) is 0 Å². The molecule has 0 spiro atoms. The fraction of sp³-hybridized carbons (Fsp3) is 0.323. The second-order valence-electron chi connectivity index (χ2n) is 10.2. The standard InChI is InChI=1S/C31H31FN4O2/c1-21-17-23(9-10-25(21)31(37)36-11-2-3-12-36)29-19-33-28-6-4-5-26(30(28)34-29)22-7-8-24(27(32)18-22)20-35-13-15-38-16-14-35/h4-10,17-19H,2-3,11-16,20H2,1H3. The van der Waals surface area contributed by atoms with Crippen LogP contribution >= 0.6 is 0 Å². The molecule has 0 bridgehead atoms. The molecule has 0 saturated carbocycles. The molecule has 1 amide bonds. The lowest BCUT2D eigenvalue weighted by Gasteiger charge is -2.26. The Balaban J connectivity index is 1.31. The van der Waals surface area contributed by atoms with Gasteiger partial charge in [0.05, 0.1) is 36.1 Å². The van der Waals surface area contributed by atoms with Gasteiger partial charge in [0.1, 0.15) is 5.82 Å². The fourth-order valence-corrected chi connectivity index (χ4v) is 5.40. The molecule has 3 aromatic carbocycles. The van der Waals surface area contributed by atoms with Crippen LogP contribution in [0.1, 0.15) is 34.3 Å². The lowest BCUT2D eigenvalue weighted by molar-refractivity contribution is 0.0337. The zero-order valence-corrected chi connectivity index (χ0v) is 21.6. The van der Waals surface area contributed by atoms with Gasteiger partial charge in [0, 0.05) is 55.0 Å². The monoisotopic (exact) mass is 510 g/mol. The zero-order valence-electron chi connectivity index (χ0n) is 21.6. The third-order valence-corrected chi connectivity index (χ3v) is 7.58. The van der Waals surface area contributed by atoms with E-state index in [1.165, 1.54) is 0 Å². The summed E-state index contributed by atoms with van der Waals surface area (Å²) in [6, 6.07) is 17.1.